The van der Waals surface area contributed by atoms with Gasteiger partial charge in [-0.2, -0.15) is 0 Å². The van der Waals surface area contributed by atoms with Gasteiger partial charge in [-0.1, -0.05) is 0 Å². The summed E-state index contributed by atoms with van der Waals surface area (Å²) < 4.78 is 0. The minimum Gasteiger partial charge on any atom is -0.347 e. The molecule has 0 unspecified atom stereocenters. The van der Waals surface area contributed by atoms with Crippen molar-refractivity contribution < 1.29 is 4.79 Å². The maximum absolute atomic E-state index is 12.1. The number of rotatable bonds is 4. The van der Waals surface area contributed by atoms with Gasteiger partial charge in [0.1, 0.15) is 11.5 Å². The third-order valence-corrected chi connectivity index (χ3v) is 3.25. The molecule has 2 aromatic rings. The zero-order chi connectivity index (χ0) is 13.9. The molecule has 0 atom stereocenters. The fourth-order valence-corrected chi connectivity index (χ4v) is 2.01. The summed E-state index contributed by atoms with van der Waals surface area (Å²) >= 11 is 0. The lowest BCUT2D eigenvalue weighted by atomic mass is 10.2. The molecule has 0 radical (unpaired) electrons. The summed E-state index contributed by atoms with van der Waals surface area (Å²) in [5.74, 6) is 1.09. The van der Waals surface area contributed by atoms with E-state index in [4.69, 9.17) is 0 Å². The highest BCUT2D eigenvalue weighted by molar-refractivity contribution is 5.92. The van der Waals surface area contributed by atoms with Crippen LogP contribution < -0.4 is 5.32 Å². The van der Waals surface area contributed by atoms with Crippen LogP contribution in [0.3, 0.4) is 0 Å². The van der Waals surface area contributed by atoms with Gasteiger partial charge in [0.25, 0.3) is 5.91 Å². The van der Waals surface area contributed by atoms with Crippen LogP contribution in [0, 0.1) is 6.92 Å². The van der Waals surface area contributed by atoms with Crippen LogP contribution in [0.2, 0.25) is 0 Å². The maximum atomic E-state index is 12.1. The Morgan fingerprint density at radius 2 is 2.05 bits per heavy atom. The molecule has 1 N–H and O–H groups in total. The Labute approximate surface area is 117 Å². The summed E-state index contributed by atoms with van der Waals surface area (Å²) in [7, 11) is 0. The first-order valence-corrected chi connectivity index (χ1v) is 6.75. The molecule has 2 aromatic heterocycles. The lowest BCUT2D eigenvalue weighted by Gasteiger charge is -2.07. The molecule has 1 aliphatic carbocycles. The Morgan fingerprint density at radius 3 is 2.75 bits per heavy atom. The van der Waals surface area contributed by atoms with Crippen LogP contribution in [0.1, 0.15) is 46.3 Å². The molecular weight excluding hydrogens is 252 g/mol. The van der Waals surface area contributed by atoms with Gasteiger partial charge in [-0.25, -0.2) is 9.97 Å². The molecule has 102 valence electrons. The second-order valence-electron chi connectivity index (χ2n) is 5.07. The molecule has 0 aromatic carbocycles. The number of carbonyl (C=O) groups excluding carboxylic acids is 1. The fraction of sp³-hybridized carbons (Fsp3) is 0.333. The van der Waals surface area contributed by atoms with Gasteiger partial charge in [-0.05, 0) is 43.5 Å². The number of pyridine rings is 1. The van der Waals surface area contributed by atoms with E-state index < -0.39 is 0 Å². The number of nitrogens with zero attached hydrogens (tertiary/aromatic N) is 3. The van der Waals surface area contributed by atoms with Crippen LogP contribution in [0.15, 0.2) is 30.6 Å². The standard InChI is InChI=1S/C15H16N4O/c1-10-8-13(19-14(18-10)12-2-3-12)15(20)17-9-11-4-6-16-7-5-11/h4-8,12H,2-3,9H2,1H3,(H,17,20). The van der Waals surface area contributed by atoms with E-state index in [0.717, 1.165) is 29.9 Å². The lowest BCUT2D eigenvalue weighted by Crippen LogP contribution is -2.24. The first kappa shape index (κ1) is 12.7. The van der Waals surface area contributed by atoms with E-state index in [2.05, 4.69) is 20.3 Å². The van der Waals surface area contributed by atoms with E-state index in [0.29, 0.717) is 18.2 Å². The van der Waals surface area contributed by atoms with E-state index in [1.54, 1.807) is 18.5 Å². The second-order valence-corrected chi connectivity index (χ2v) is 5.07. The van der Waals surface area contributed by atoms with Crippen molar-refractivity contribution in [3.63, 3.8) is 0 Å². The van der Waals surface area contributed by atoms with Gasteiger partial charge >= 0.3 is 0 Å². The predicted molar refractivity (Wildman–Crippen MR) is 74.2 cm³/mol. The van der Waals surface area contributed by atoms with Gasteiger partial charge < -0.3 is 5.32 Å². The van der Waals surface area contributed by atoms with Gasteiger partial charge in [-0.15, -0.1) is 0 Å². The van der Waals surface area contributed by atoms with E-state index in [1.807, 2.05) is 19.1 Å². The van der Waals surface area contributed by atoms with Gasteiger partial charge in [0, 0.05) is 30.6 Å². The Balaban J connectivity index is 1.70. The first-order valence-electron chi connectivity index (χ1n) is 6.75. The third kappa shape index (κ3) is 2.99. The molecule has 1 aliphatic rings. The molecule has 5 nitrogen and oxygen atoms in total. The Bertz CT molecular complexity index is 623. The Hall–Kier alpha value is -2.30. The zero-order valence-corrected chi connectivity index (χ0v) is 11.3. The van der Waals surface area contributed by atoms with Crippen molar-refractivity contribution in [1.29, 1.82) is 0 Å². The van der Waals surface area contributed by atoms with Crippen molar-refractivity contribution in [1.82, 2.24) is 20.3 Å². The summed E-state index contributed by atoms with van der Waals surface area (Å²) in [6.45, 7) is 2.37. The number of carbonyl (C=O) groups is 1. The smallest absolute Gasteiger partial charge is 0.270 e. The molecular formula is C15H16N4O. The van der Waals surface area contributed by atoms with E-state index in [1.165, 1.54) is 0 Å². The highest BCUT2D eigenvalue weighted by atomic mass is 16.1. The maximum Gasteiger partial charge on any atom is 0.270 e. The van der Waals surface area contributed by atoms with Gasteiger partial charge in [0.05, 0.1) is 0 Å². The molecule has 20 heavy (non-hydrogen) atoms. The van der Waals surface area contributed by atoms with Crippen LogP contribution in [-0.2, 0) is 6.54 Å². The molecule has 1 fully saturated rings. The topological polar surface area (TPSA) is 67.8 Å². The van der Waals surface area contributed by atoms with Crippen LogP contribution in [0.4, 0.5) is 0 Å². The molecule has 0 aliphatic heterocycles. The third-order valence-electron chi connectivity index (χ3n) is 3.25. The van der Waals surface area contributed by atoms with Crippen LogP contribution in [0.5, 0.6) is 0 Å². The number of hydrogen-bond acceptors (Lipinski definition) is 4. The molecule has 0 spiro atoms. The molecule has 1 amide bonds. The molecule has 0 saturated heterocycles. The molecule has 5 heteroatoms. The average molecular weight is 268 g/mol. The van der Waals surface area contributed by atoms with Gasteiger partial charge in [0.15, 0.2) is 0 Å². The average Bonchev–Trinajstić information content (AvgIpc) is 3.30. The quantitative estimate of drug-likeness (QED) is 0.920. The minimum absolute atomic E-state index is 0.158. The van der Waals surface area contributed by atoms with Gasteiger partial charge in [0.2, 0.25) is 0 Å². The zero-order valence-electron chi connectivity index (χ0n) is 11.3. The molecule has 3 rings (SSSR count). The van der Waals surface area contributed by atoms with Crippen molar-refractivity contribution in [2.24, 2.45) is 0 Å². The van der Waals surface area contributed by atoms with Crippen molar-refractivity contribution >= 4 is 5.91 Å². The van der Waals surface area contributed by atoms with Crippen molar-refractivity contribution in [3.8, 4) is 0 Å². The summed E-state index contributed by atoms with van der Waals surface area (Å²) in [5.41, 5.74) is 2.31. The highest BCUT2D eigenvalue weighted by Crippen LogP contribution is 2.37. The molecule has 0 bridgehead atoms. The number of amides is 1. The van der Waals surface area contributed by atoms with Crippen LogP contribution in [-0.4, -0.2) is 20.9 Å². The van der Waals surface area contributed by atoms with E-state index >= 15 is 0 Å². The summed E-state index contributed by atoms with van der Waals surface area (Å²) in [4.78, 5) is 24.9. The number of aromatic nitrogens is 3. The number of aryl methyl sites for hydroxylation is 1. The molecule has 1 saturated carbocycles. The summed E-state index contributed by atoms with van der Waals surface area (Å²) in [6, 6.07) is 5.48. The normalized spacial score (nSPS) is 14.1. The van der Waals surface area contributed by atoms with E-state index in [-0.39, 0.29) is 5.91 Å². The van der Waals surface area contributed by atoms with Crippen molar-refractivity contribution in [2.45, 2.75) is 32.2 Å². The van der Waals surface area contributed by atoms with E-state index in [9.17, 15) is 4.79 Å². The van der Waals surface area contributed by atoms with Crippen LogP contribution in [0.25, 0.3) is 0 Å². The Kier molecular flexibility index (Phi) is 3.41. The largest absolute Gasteiger partial charge is 0.347 e. The first-order chi connectivity index (χ1) is 9.72. The lowest BCUT2D eigenvalue weighted by molar-refractivity contribution is 0.0945. The summed E-state index contributed by atoms with van der Waals surface area (Å²) in [5, 5.41) is 2.87. The second kappa shape index (κ2) is 5.36. The fourth-order valence-electron chi connectivity index (χ4n) is 2.01. The highest BCUT2D eigenvalue weighted by Gasteiger charge is 2.27. The number of hydrogen-bond donors (Lipinski definition) is 1. The number of nitrogens with one attached hydrogen (secondary N) is 1. The minimum atomic E-state index is -0.158. The van der Waals surface area contributed by atoms with Crippen molar-refractivity contribution in [2.75, 3.05) is 0 Å². The Morgan fingerprint density at radius 1 is 1.30 bits per heavy atom. The monoisotopic (exact) mass is 268 g/mol. The van der Waals surface area contributed by atoms with Crippen LogP contribution >= 0.6 is 0 Å². The van der Waals surface area contributed by atoms with Gasteiger partial charge in [-0.3, -0.25) is 9.78 Å². The molecule has 2 heterocycles. The summed E-state index contributed by atoms with van der Waals surface area (Å²) in [6.07, 6.45) is 5.67. The SMILES string of the molecule is Cc1cc(C(=O)NCc2ccncc2)nc(C2CC2)n1. The van der Waals surface area contributed by atoms with Crippen molar-refractivity contribution in [3.05, 3.63) is 53.4 Å². The predicted octanol–water partition coefficient (Wildman–Crippen LogP) is 1.99.